The third-order valence-electron chi connectivity index (χ3n) is 3.04. The van der Waals surface area contributed by atoms with Gasteiger partial charge in [-0.25, -0.2) is 0 Å². The van der Waals surface area contributed by atoms with E-state index in [0.29, 0.717) is 6.10 Å². The second-order valence-electron chi connectivity index (χ2n) is 4.28. The highest BCUT2D eigenvalue weighted by molar-refractivity contribution is 5.29. The fourth-order valence-electron chi connectivity index (χ4n) is 2.15. The van der Waals surface area contributed by atoms with Gasteiger partial charge < -0.3 is 4.74 Å². The first-order valence-electron chi connectivity index (χ1n) is 5.93. The first-order valence-corrected chi connectivity index (χ1v) is 5.93. The predicted octanol–water partition coefficient (Wildman–Crippen LogP) is 3.77. The topological polar surface area (TPSA) is 9.23 Å². The van der Waals surface area contributed by atoms with Gasteiger partial charge in [-0.2, -0.15) is 0 Å². The maximum absolute atomic E-state index is 5.97. The largest absolute Gasteiger partial charge is 0.490 e. The van der Waals surface area contributed by atoms with Gasteiger partial charge in [-0.3, -0.25) is 0 Å². The molecule has 1 aliphatic rings. The van der Waals surface area contributed by atoms with Crippen LogP contribution < -0.4 is 4.74 Å². The minimum atomic E-state index is 0.443. The zero-order valence-corrected chi connectivity index (χ0v) is 9.24. The first-order chi connectivity index (χ1) is 7.38. The lowest BCUT2D eigenvalue weighted by Gasteiger charge is -2.23. The Morgan fingerprint density at radius 3 is 2.73 bits per heavy atom. The molecule has 1 saturated carbocycles. The van der Waals surface area contributed by atoms with E-state index in [2.05, 4.69) is 25.1 Å². The third kappa shape index (κ3) is 2.98. The van der Waals surface area contributed by atoms with Gasteiger partial charge in [-0.1, -0.05) is 18.6 Å². The van der Waals surface area contributed by atoms with Gasteiger partial charge in [0, 0.05) is 0 Å². The number of benzene rings is 1. The van der Waals surface area contributed by atoms with Crippen molar-refractivity contribution in [1.82, 2.24) is 0 Å². The van der Waals surface area contributed by atoms with E-state index < -0.39 is 0 Å². The summed E-state index contributed by atoms with van der Waals surface area (Å²) in [4.78, 5) is 0. The average Bonchev–Trinajstić information content (AvgIpc) is 2.31. The zero-order valence-electron chi connectivity index (χ0n) is 9.24. The Labute approximate surface area is 92.5 Å². The van der Waals surface area contributed by atoms with Gasteiger partial charge in [-0.05, 0) is 56.7 Å². The quantitative estimate of drug-likeness (QED) is 0.726. The Morgan fingerprint density at radius 2 is 2.00 bits per heavy atom. The van der Waals surface area contributed by atoms with Crippen LogP contribution in [0.5, 0.6) is 5.75 Å². The van der Waals surface area contributed by atoms with E-state index in [1.54, 1.807) is 0 Å². The molecule has 0 aromatic heterocycles. The fraction of sp³-hybridized carbons (Fsp3) is 0.500. The highest BCUT2D eigenvalue weighted by Gasteiger charge is 2.14. The van der Waals surface area contributed by atoms with Gasteiger partial charge in [0.15, 0.2) is 0 Å². The lowest BCUT2D eigenvalue weighted by atomic mass is 9.98. The minimum absolute atomic E-state index is 0.443. The van der Waals surface area contributed by atoms with Crippen molar-refractivity contribution in [3.05, 3.63) is 36.8 Å². The molecule has 1 radical (unpaired) electrons. The molecule has 0 bridgehead atoms. The van der Waals surface area contributed by atoms with Crippen LogP contribution in [0.2, 0.25) is 0 Å². The van der Waals surface area contributed by atoms with Crippen LogP contribution in [0.1, 0.15) is 37.7 Å². The average molecular weight is 203 g/mol. The molecule has 1 heteroatoms. The Bertz CT molecular complexity index is 300. The van der Waals surface area contributed by atoms with Crippen LogP contribution in [-0.2, 0) is 6.42 Å². The third-order valence-corrected chi connectivity index (χ3v) is 3.04. The van der Waals surface area contributed by atoms with Gasteiger partial charge >= 0.3 is 0 Å². The molecular weight excluding hydrogens is 184 g/mol. The summed E-state index contributed by atoms with van der Waals surface area (Å²) >= 11 is 0. The molecule has 0 saturated heterocycles. The lowest BCUT2D eigenvalue weighted by Crippen LogP contribution is -2.19. The van der Waals surface area contributed by atoms with E-state index in [9.17, 15) is 0 Å². The maximum atomic E-state index is 5.97. The van der Waals surface area contributed by atoms with E-state index >= 15 is 0 Å². The SMILES string of the molecule is [CH2]Cc1cccc(OC2CCCCC2)c1. The van der Waals surface area contributed by atoms with Crippen LogP contribution in [-0.4, -0.2) is 6.10 Å². The van der Waals surface area contributed by atoms with Gasteiger partial charge in [-0.15, -0.1) is 0 Å². The number of hydrogen-bond acceptors (Lipinski definition) is 1. The van der Waals surface area contributed by atoms with Crippen molar-refractivity contribution in [3.8, 4) is 5.75 Å². The Balaban J connectivity index is 1.96. The van der Waals surface area contributed by atoms with Crippen LogP contribution >= 0.6 is 0 Å². The van der Waals surface area contributed by atoms with Crippen LogP contribution in [0.25, 0.3) is 0 Å². The molecule has 1 aromatic carbocycles. The maximum Gasteiger partial charge on any atom is 0.119 e. The van der Waals surface area contributed by atoms with E-state index in [4.69, 9.17) is 4.74 Å². The van der Waals surface area contributed by atoms with Crippen molar-refractivity contribution in [2.75, 3.05) is 0 Å². The predicted molar refractivity (Wildman–Crippen MR) is 63.0 cm³/mol. The van der Waals surface area contributed by atoms with Crippen molar-refractivity contribution < 1.29 is 4.74 Å². The first kappa shape index (κ1) is 10.5. The lowest BCUT2D eigenvalue weighted by molar-refractivity contribution is 0.155. The summed E-state index contributed by atoms with van der Waals surface area (Å²) < 4.78 is 5.97. The Morgan fingerprint density at radius 1 is 1.20 bits per heavy atom. The van der Waals surface area contributed by atoms with E-state index in [1.807, 2.05) is 6.07 Å². The van der Waals surface area contributed by atoms with Gasteiger partial charge in [0.1, 0.15) is 5.75 Å². The summed E-state index contributed by atoms with van der Waals surface area (Å²) in [5, 5.41) is 0. The molecule has 1 fully saturated rings. The molecule has 0 N–H and O–H groups in total. The Hall–Kier alpha value is -0.980. The van der Waals surface area contributed by atoms with E-state index in [-0.39, 0.29) is 0 Å². The smallest absolute Gasteiger partial charge is 0.119 e. The molecule has 15 heavy (non-hydrogen) atoms. The van der Waals surface area contributed by atoms with E-state index in [1.165, 1.54) is 37.7 Å². The molecule has 0 heterocycles. The Kier molecular flexibility index (Phi) is 3.65. The number of ether oxygens (including phenoxy) is 1. The number of rotatable bonds is 3. The van der Waals surface area contributed by atoms with Crippen LogP contribution in [0.15, 0.2) is 24.3 Å². The van der Waals surface area contributed by atoms with Crippen molar-refractivity contribution in [3.63, 3.8) is 0 Å². The van der Waals surface area contributed by atoms with Crippen LogP contribution in [0, 0.1) is 6.92 Å². The van der Waals surface area contributed by atoms with Crippen molar-refractivity contribution in [2.45, 2.75) is 44.6 Å². The monoisotopic (exact) mass is 203 g/mol. The van der Waals surface area contributed by atoms with E-state index in [0.717, 1.165) is 12.2 Å². The molecule has 0 atom stereocenters. The molecule has 0 aliphatic heterocycles. The second kappa shape index (κ2) is 5.20. The molecule has 2 rings (SSSR count). The van der Waals surface area contributed by atoms with Gasteiger partial charge in [0.05, 0.1) is 6.10 Å². The zero-order chi connectivity index (χ0) is 10.5. The summed E-state index contributed by atoms with van der Waals surface area (Å²) in [5.41, 5.74) is 1.25. The van der Waals surface area contributed by atoms with Gasteiger partial charge in [0.2, 0.25) is 0 Å². The molecule has 1 aliphatic carbocycles. The molecule has 1 nitrogen and oxygen atoms in total. The van der Waals surface area contributed by atoms with Crippen LogP contribution in [0.3, 0.4) is 0 Å². The standard InChI is InChI=1S/C14H19O/c1-2-12-7-6-10-14(11-12)15-13-8-4-3-5-9-13/h6-7,10-11,13H,1-5,8-9H2. The molecular formula is C14H19O. The van der Waals surface area contributed by atoms with Crippen molar-refractivity contribution in [1.29, 1.82) is 0 Å². The minimum Gasteiger partial charge on any atom is -0.490 e. The van der Waals surface area contributed by atoms with Gasteiger partial charge in [0.25, 0.3) is 0 Å². The summed E-state index contributed by atoms with van der Waals surface area (Å²) in [6.07, 6.45) is 7.72. The number of hydrogen-bond donors (Lipinski definition) is 0. The highest BCUT2D eigenvalue weighted by atomic mass is 16.5. The normalized spacial score (nSPS) is 17.7. The second-order valence-corrected chi connectivity index (χ2v) is 4.28. The van der Waals surface area contributed by atoms with Crippen molar-refractivity contribution >= 4 is 0 Å². The molecule has 0 unspecified atom stereocenters. The molecule has 0 amide bonds. The highest BCUT2D eigenvalue weighted by Crippen LogP contribution is 2.23. The summed E-state index contributed by atoms with van der Waals surface area (Å²) in [7, 11) is 0. The molecule has 1 aromatic rings. The molecule has 0 spiro atoms. The summed E-state index contributed by atoms with van der Waals surface area (Å²) in [6.45, 7) is 3.89. The summed E-state index contributed by atoms with van der Waals surface area (Å²) in [5.74, 6) is 1.02. The van der Waals surface area contributed by atoms with Crippen LogP contribution in [0.4, 0.5) is 0 Å². The summed E-state index contributed by atoms with van der Waals surface area (Å²) in [6, 6.07) is 8.31. The van der Waals surface area contributed by atoms with Crippen molar-refractivity contribution in [2.24, 2.45) is 0 Å². The fourth-order valence-corrected chi connectivity index (χ4v) is 2.15. The molecule has 81 valence electrons.